The number of carbonyl (C=O) groups excluding carboxylic acids is 1. The van der Waals surface area contributed by atoms with Gasteiger partial charge in [0.1, 0.15) is 0 Å². The second kappa shape index (κ2) is 4.34. The van der Waals surface area contributed by atoms with Crippen LogP contribution in [0.25, 0.3) is 0 Å². The predicted molar refractivity (Wildman–Crippen MR) is 57.8 cm³/mol. The molecule has 0 bridgehead atoms. The van der Waals surface area contributed by atoms with Crippen molar-refractivity contribution >= 4 is 5.97 Å². The summed E-state index contributed by atoms with van der Waals surface area (Å²) in [6, 6.07) is 0. The van der Waals surface area contributed by atoms with E-state index in [1.807, 2.05) is 20.8 Å². The molecule has 4 heteroatoms. The lowest BCUT2D eigenvalue weighted by atomic mass is 10.0. The van der Waals surface area contributed by atoms with Crippen molar-refractivity contribution in [3.8, 4) is 0 Å². The molecule has 1 aliphatic heterocycles. The summed E-state index contributed by atoms with van der Waals surface area (Å²) in [5.74, 6) is -0.366. The summed E-state index contributed by atoms with van der Waals surface area (Å²) in [5, 5.41) is 0. The molecule has 0 amide bonds. The van der Waals surface area contributed by atoms with Crippen molar-refractivity contribution < 1.29 is 19.0 Å². The summed E-state index contributed by atoms with van der Waals surface area (Å²) in [4.78, 5) is 11.4. The maximum Gasteiger partial charge on any atom is 0.306 e. The first kappa shape index (κ1) is 11.9. The van der Waals surface area contributed by atoms with Crippen LogP contribution in [-0.4, -0.2) is 30.6 Å². The maximum atomic E-state index is 11.4. The number of ether oxygens (including phenoxy) is 3. The average Bonchev–Trinajstić information content (AvgIpc) is 2.64. The lowest BCUT2D eigenvalue weighted by Gasteiger charge is -2.21. The molecule has 2 fully saturated rings. The molecule has 1 aliphatic carbocycles. The van der Waals surface area contributed by atoms with Crippen molar-refractivity contribution in [3.63, 3.8) is 0 Å². The van der Waals surface area contributed by atoms with E-state index < -0.39 is 5.79 Å². The minimum atomic E-state index is -0.497. The molecule has 4 nitrogen and oxygen atoms in total. The Hall–Kier alpha value is -0.610. The normalized spacial score (nSPS) is 36.1. The third kappa shape index (κ3) is 2.38. The van der Waals surface area contributed by atoms with Crippen LogP contribution in [0.5, 0.6) is 0 Å². The van der Waals surface area contributed by atoms with Crippen LogP contribution in [0.4, 0.5) is 0 Å². The summed E-state index contributed by atoms with van der Waals surface area (Å²) in [6.45, 7) is 6.12. The average molecular weight is 228 g/mol. The monoisotopic (exact) mass is 228 g/mol. The van der Waals surface area contributed by atoms with Gasteiger partial charge in [-0.3, -0.25) is 4.79 Å². The third-order valence-corrected chi connectivity index (χ3v) is 3.24. The van der Waals surface area contributed by atoms with E-state index in [-0.39, 0.29) is 24.1 Å². The van der Waals surface area contributed by atoms with E-state index in [4.69, 9.17) is 14.2 Å². The zero-order chi connectivity index (χ0) is 11.8. The molecule has 0 aromatic carbocycles. The van der Waals surface area contributed by atoms with Crippen LogP contribution in [0, 0.1) is 5.92 Å². The molecule has 0 aromatic heterocycles. The highest BCUT2D eigenvalue weighted by Crippen LogP contribution is 2.42. The highest BCUT2D eigenvalue weighted by molar-refractivity contribution is 5.69. The number of carbonyl (C=O) groups is 1. The summed E-state index contributed by atoms with van der Waals surface area (Å²) in [6.07, 6.45) is 2.66. The van der Waals surface area contributed by atoms with Gasteiger partial charge in [-0.2, -0.15) is 0 Å². The highest BCUT2D eigenvalue weighted by Gasteiger charge is 2.49. The third-order valence-electron chi connectivity index (χ3n) is 3.24. The smallest absolute Gasteiger partial charge is 0.306 e. The van der Waals surface area contributed by atoms with Crippen molar-refractivity contribution in [3.05, 3.63) is 0 Å². The fourth-order valence-electron chi connectivity index (χ4n) is 2.68. The molecule has 2 aliphatic rings. The van der Waals surface area contributed by atoms with Gasteiger partial charge in [-0.25, -0.2) is 0 Å². The number of hydrogen-bond acceptors (Lipinski definition) is 4. The summed E-state index contributed by atoms with van der Waals surface area (Å²) in [5.41, 5.74) is 0. The van der Waals surface area contributed by atoms with Crippen LogP contribution < -0.4 is 0 Å². The molecule has 0 aromatic rings. The predicted octanol–water partition coefficient (Wildman–Crippen LogP) is 1.87. The van der Waals surface area contributed by atoms with Gasteiger partial charge in [0.25, 0.3) is 0 Å². The Morgan fingerprint density at radius 3 is 2.81 bits per heavy atom. The zero-order valence-corrected chi connectivity index (χ0v) is 10.2. The topological polar surface area (TPSA) is 44.8 Å². The Labute approximate surface area is 96.2 Å². The number of esters is 1. The van der Waals surface area contributed by atoms with Crippen LogP contribution in [-0.2, 0) is 19.0 Å². The van der Waals surface area contributed by atoms with Crippen molar-refractivity contribution in [2.75, 3.05) is 6.61 Å². The summed E-state index contributed by atoms with van der Waals surface area (Å²) in [7, 11) is 0. The van der Waals surface area contributed by atoms with Gasteiger partial charge < -0.3 is 14.2 Å². The van der Waals surface area contributed by atoms with E-state index in [1.165, 1.54) is 0 Å². The lowest BCUT2D eigenvalue weighted by molar-refractivity contribution is -0.160. The first-order valence-corrected chi connectivity index (χ1v) is 6.03. The van der Waals surface area contributed by atoms with Crippen molar-refractivity contribution in [2.45, 2.75) is 58.0 Å². The number of rotatable bonds is 3. The number of hydrogen-bond donors (Lipinski definition) is 0. The second-order valence-corrected chi connectivity index (χ2v) is 4.99. The van der Waals surface area contributed by atoms with Gasteiger partial charge in [-0.05, 0) is 39.5 Å². The van der Waals surface area contributed by atoms with Gasteiger partial charge in [0.15, 0.2) is 5.79 Å². The van der Waals surface area contributed by atoms with E-state index in [0.29, 0.717) is 13.0 Å². The molecule has 16 heavy (non-hydrogen) atoms. The van der Waals surface area contributed by atoms with Crippen LogP contribution in [0.1, 0.15) is 40.0 Å². The molecule has 0 unspecified atom stereocenters. The van der Waals surface area contributed by atoms with Gasteiger partial charge in [-0.1, -0.05) is 0 Å². The molecule has 1 saturated carbocycles. The molecule has 0 spiro atoms. The standard InChI is InChI=1S/C12H20O4/c1-4-14-10(13)7-8-5-6-9-11(8)16-12(2,3)15-9/h8-9,11H,4-7H2,1-3H3/t8-,9-,11+/m0/s1. The molecule has 2 rings (SSSR count). The summed E-state index contributed by atoms with van der Waals surface area (Å²) < 4.78 is 16.6. The molecule has 92 valence electrons. The molecule has 3 atom stereocenters. The van der Waals surface area contributed by atoms with Crippen molar-refractivity contribution in [2.24, 2.45) is 5.92 Å². The van der Waals surface area contributed by atoms with Crippen molar-refractivity contribution in [1.82, 2.24) is 0 Å². The van der Waals surface area contributed by atoms with E-state index in [9.17, 15) is 4.79 Å². The Balaban J connectivity index is 1.91. The van der Waals surface area contributed by atoms with Crippen LogP contribution in [0.2, 0.25) is 0 Å². The minimum absolute atomic E-state index is 0.0689. The van der Waals surface area contributed by atoms with Gasteiger partial charge in [0.2, 0.25) is 0 Å². The number of fused-ring (bicyclic) bond motifs is 1. The quantitative estimate of drug-likeness (QED) is 0.692. The second-order valence-electron chi connectivity index (χ2n) is 4.99. The molecular formula is C12H20O4. The van der Waals surface area contributed by atoms with Crippen molar-refractivity contribution in [1.29, 1.82) is 0 Å². The van der Waals surface area contributed by atoms with Gasteiger partial charge in [0, 0.05) is 0 Å². The molecule has 0 radical (unpaired) electrons. The van der Waals surface area contributed by atoms with Crippen LogP contribution >= 0.6 is 0 Å². The Kier molecular flexibility index (Phi) is 3.22. The Bertz CT molecular complexity index is 274. The fourth-order valence-corrected chi connectivity index (χ4v) is 2.68. The first-order chi connectivity index (χ1) is 7.52. The summed E-state index contributed by atoms with van der Waals surface area (Å²) >= 11 is 0. The molecule has 0 N–H and O–H groups in total. The van der Waals surface area contributed by atoms with E-state index in [2.05, 4.69) is 0 Å². The van der Waals surface area contributed by atoms with Gasteiger partial charge in [-0.15, -0.1) is 0 Å². The Morgan fingerprint density at radius 1 is 1.38 bits per heavy atom. The lowest BCUT2D eigenvalue weighted by Crippen LogP contribution is -2.27. The zero-order valence-electron chi connectivity index (χ0n) is 10.2. The van der Waals surface area contributed by atoms with E-state index >= 15 is 0 Å². The Morgan fingerprint density at radius 2 is 2.12 bits per heavy atom. The fraction of sp³-hybridized carbons (Fsp3) is 0.917. The molecule has 1 heterocycles. The SMILES string of the molecule is CCOC(=O)C[C@@H]1CC[C@@H]2OC(C)(C)O[C@H]12. The van der Waals surface area contributed by atoms with Gasteiger partial charge in [0.05, 0.1) is 25.2 Å². The van der Waals surface area contributed by atoms with Crippen LogP contribution in [0.3, 0.4) is 0 Å². The molecule has 1 saturated heterocycles. The largest absolute Gasteiger partial charge is 0.466 e. The highest BCUT2D eigenvalue weighted by atomic mass is 16.8. The van der Waals surface area contributed by atoms with E-state index in [0.717, 1.165) is 12.8 Å². The van der Waals surface area contributed by atoms with Crippen LogP contribution in [0.15, 0.2) is 0 Å². The maximum absolute atomic E-state index is 11.4. The first-order valence-electron chi connectivity index (χ1n) is 6.03. The molecular weight excluding hydrogens is 208 g/mol. The van der Waals surface area contributed by atoms with E-state index in [1.54, 1.807) is 0 Å². The van der Waals surface area contributed by atoms with Gasteiger partial charge >= 0.3 is 5.97 Å². The minimum Gasteiger partial charge on any atom is -0.466 e.